The zero-order valence-electron chi connectivity index (χ0n) is 18.1. The van der Waals surface area contributed by atoms with E-state index in [2.05, 4.69) is 52.6 Å². The number of guanidine groups is 1. The molecule has 1 heterocycles. The highest BCUT2D eigenvalue weighted by molar-refractivity contribution is 5.79. The topological polar surface area (TPSA) is 58.1 Å². The summed E-state index contributed by atoms with van der Waals surface area (Å²) >= 11 is 0. The zero-order chi connectivity index (χ0) is 20.2. The fourth-order valence-electron chi connectivity index (χ4n) is 3.54. The lowest BCUT2D eigenvalue weighted by atomic mass is 9.98. The van der Waals surface area contributed by atoms with Gasteiger partial charge in [-0.05, 0) is 57.3 Å². The lowest BCUT2D eigenvalue weighted by Gasteiger charge is -2.32. The minimum absolute atomic E-state index is 0.562. The Morgan fingerprint density at radius 1 is 1.25 bits per heavy atom. The summed E-state index contributed by atoms with van der Waals surface area (Å²) in [6.45, 7) is 13.4. The zero-order valence-corrected chi connectivity index (χ0v) is 18.1. The van der Waals surface area contributed by atoms with Crippen LogP contribution < -0.4 is 15.4 Å². The first-order chi connectivity index (χ1) is 13.7. The van der Waals surface area contributed by atoms with Gasteiger partial charge in [0.2, 0.25) is 0 Å². The van der Waals surface area contributed by atoms with Crippen molar-refractivity contribution < 1.29 is 9.47 Å². The second-order valence-corrected chi connectivity index (χ2v) is 7.36. The smallest absolute Gasteiger partial charge is 0.191 e. The molecular weight excluding hydrogens is 352 g/mol. The number of nitrogens with one attached hydrogen (secondary N) is 2. The van der Waals surface area contributed by atoms with Crippen molar-refractivity contribution >= 4 is 5.96 Å². The summed E-state index contributed by atoms with van der Waals surface area (Å²) in [6.07, 6.45) is 2.58. The molecule has 1 aromatic rings. The van der Waals surface area contributed by atoms with Crippen molar-refractivity contribution in [2.75, 3.05) is 53.0 Å². The third kappa shape index (κ3) is 7.68. The maximum Gasteiger partial charge on any atom is 0.191 e. The van der Waals surface area contributed by atoms with Gasteiger partial charge in [0, 0.05) is 38.9 Å². The second kappa shape index (κ2) is 12.6. The molecule has 0 amide bonds. The number of piperidine rings is 1. The minimum Gasteiger partial charge on any atom is -0.491 e. The standard InChI is InChI=1S/C22H38N4O2/c1-5-26-11-7-8-19(17-26)15-24-22(23-4)25-16-20-10-9-18(3)14-21(20)28-13-12-27-6-2/h9-10,14,19H,5-8,11-13,15-17H2,1-4H3,(H2,23,24,25). The Morgan fingerprint density at radius 2 is 2.11 bits per heavy atom. The number of hydrogen-bond donors (Lipinski definition) is 2. The molecule has 0 radical (unpaired) electrons. The molecule has 0 aliphatic carbocycles. The summed E-state index contributed by atoms with van der Waals surface area (Å²) in [7, 11) is 1.82. The second-order valence-electron chi connectivity index (χ2n) is 7.36. The van der Waals surface area contributed by atoms with Gasteiger partial charge in [-0.15, -0.1) is 0 Å². The van der Waals surface area contributed by atoms with Crippen LogP contribution in [-0.4, -0.2) is 63.9 Å². The Bertz CT molecular complexity index is 606. The van der Waals surface area contributed by atoms with Crippen molar-refractivity contribution in [3.8, 4) is 5.75 Å². The molecule has 1 saturated heterocycles. The van der Waals surface area contributed by atoms with Gasteiger partial charge in [0.25, 0.3) is 0 Å². The molecule has 1 aliphatic heterocycles. The van der Waals surface area contributed by atoms with E-state index in [0.29, 0.717) is 32.3 Å². The number of nitrogens with zero attached hydrogens (tertiary/aromatic N) is 2. The van der Waals surface area contributed by atoms with Gasteiger partial charge in [-0.3, -0.25) is 4.99 Å². The molecule has 1 atom stereocenters. The van der Waals surface area contributed by atoms with Crippen molar-refractivity contribution in [3.63, 3.8) is 0 Å². The molecule has 0 spiro atoms. The monoisotopic (exact) mass is 390 g/mol. The Morgan fingerprint density at radius 3 is 2.86 bits per heavy atom. The number of hydrogen-bond acceptors (Lipinski definition) is 4. The molecule has 158 valence electrons. The summed E-state index contributed by atoms with van der Waals surface area (Å²) in [6, 6.07) is 6.32. The Balaban J connectivity index is 1.83. The van der Waals surface area contributed by atoms with Crippen LogP contribution >= 0.6 is 0 Å². The minimum atomic E-state index is 0.562. The maximum absolute atomic E-state index is 5.93. The van der Waals surface area contributed by atoms with Gasteiger partial charge in [0.15, 0.2) is 5.96 Å². The summed E-state index contributed by atoms with van der Waals surface area (Å²) in [5, 5.41) is 6.92. The SMILES string of the molecule is CCOCCOc1cc(C)ccc1CNC(=NC)NCC1CCCN(CC)C1. The molecule has 28 heavy (non-hydrogen) atoms. The van der Waals surface area contributed by atoms with Crippen molar-refractivity contribution in [2.45, 2.75) is 40.2 Å². The number of benzene rings is 1. The van der Waals surface area contributed by atoms with Crippen LogP contribution in [0.2, 0.25) is 0 Å². The van der Waals surface area contributed by atoms with E-state index < -0.39 is 0 Å². The van der Waals surface area contributed by atoms with Gasteiger partial charge in [-0.25, -0.2) is 0 Å². The highest BCUT2D eigenvalue weighted by Gasteiger charge is 2.18. The molecule has 1 unspecified atom stereocenters. The quantitative estimate of drug-likeness (QED) is 0.365. The average Bonchev–Trinajstić information content (AvgIpc) is 2.72. The van der Waals surface area contributed by atoms with Gasteiger partial charge in [-0.2, -0.15) is 0 Å². The molecule has 1 fully saturated rings. The Hall–Kier alpha value is -1.79. The van der Waals surface area contributed by atoms with Crippen molar-refractivity contribution in [1.82, 2.24) is 15.5 Å². The fraction of sp³-hybridized carbons (Fsp3) is 0.682. The Kier molecular flexibility index (Phi) is 10.1. The van der Waals surface area contributed by atoms with E-state index in [1.165, 1.54) is 31.5 Å². The van der Waals surface area contributed by atoms with E-state index in [1.54, 1.807) is 0 Å². The van der Waals surface area contributed by atoms with E-state index in [0.717, 1.165) is 30.4 Å². The van der Waals surface area contributed by atoms with Crippen LogP contribution in [0.25, 0.3) is 0 Å². The first-order valence-corrected chi connectivity index (χ1v) is 10.6. The van der Waals surface area contributed by atoms with Crippen LogP contribution in [-0.2, 0) is 11.3 Å². The molecular formula is C22H38N4O2. The van der Waals surface area contributed by atoms with E-state index in [9.17, 15) is 0 Å². The maximum atomic E-state index is 5.93. The van der Waals surface area contributed by atoms with Crippen LogP contribution in [0.15, 0.2) is 23.2 Å². The van der Waals surface area contributed by atoms with Crippen LogP contribution in [0, 0.1) is 12.8 Å². The van der Waals surface area contributed by atoms with Gasteiger partial charge in [0.05, 0.1) is 6.61 Å². The largest absolute Gasteiger partial charge is 0.491 e. The molecule has 1 aromatic carbocycles. The van der Waals surface area contributed by atoms with Crippen LogP contribution in [0.3, 0.4) is 0 Å². The van der Waals surface area contributed by atoms with Gasteiger partial charge in [-0.1, -0.05) is 19.1 Å². The first-order valence-electron chi connectivity index (χ1n) is 10.6. The third-order valence-corrected chi connectivity index (χ3v) is 5.19. The van der Waals surface area contributed by atoms with E-state index in [1.807, 2.05) is 14.0 Å². The summed E-state index contributed by atoms with van der Waals surface area (Å²) in [5.41, 5.74) is 2.32. The van der Waals surface area contributed by atoms with E-state index >= 15 is 0 Å². The first kappa shape index (κ1) is 22.5. The number of rotatable bonds is 10. The van der Waals surface area contributed by atoms with E-state index in [4.69, 9.17) is 9.47 Å². The molecule has 0 bridgehead atoms. The molecule has 2 N–H and O–H groups in total. The van der Waals surface area contributed by atoms with Gasteiger partial charge in [0.1, 0.15) is 12.4 Å². The molecule has 0 aromatic heterocycles. The van der Waals surface area contributed by atoms with Crippen molar-refractivity contribution in [3.05, 3.63) is 29.3 Å². The van der Waals surface area contributed by atoms with Gasteiger partial charge >= 0.3 is 0 Å². The lowest BCUT2D eigenvalue weighted by Crippen LogP contribution is -2.44. The summed E-state index contributed by atoms with van der Waals surface area (Å²) in [5.74, 6) is 2.44. The average molecular weight is 391 g/mol. The number of aliphatic imine (C=N–C) groups is 1. The number of aryl methyl sites for hydroxylation is 1. The number of likely N-dealkylation sites (tertiary alicyclic amines) is 1. The summed E-state index contributed by atoms with van der Waals surface area (Å²) < 4.78 is 11.3. The molecule has 2 rings (SSSR count). The predicted molar refractivity (Wildman–Crippen MR) is 116 cm³/mol. The number of ether oxygens (including phenoxy) is 2. The van der Waals surface area contributed by atoms with Crippen molar-refractivity contribution in [2.24, 2.45) is 10.9 Å². The highest BCUT2D eigenvalue weighted by atomic mass is 16.5. The highest BCUT2D eigenvalue weighted by Crippen LogP contribution is 2.20. The molecule has 6 heteroatoms. The molecule has 6 nitrogen and oxygen atoms in total. The fourth-order valence-corrected chi connectivity index (χ4v) is 3.54. The summed E-state index contributed by atoms with van der Waals surface area (Å²) in [4.78, 5) is 6.91. The van der Waals surface area contributed by atoms with Crippen LogP contribution in [0.4, 0.5) is 0 Å². The Labute approximate surface area is 170 Å². The van der Waals surface area contributed by atoms with E-state index in [-0.39, 0.29) is 0 Å². The lowest BCUT2D eigenvalue weighted by molar-refractivity contribution is 0.110. The van der Waals surface area contributed by atoms with Crippen molar-refractivity contribution in [1.29, 1.82) is 0 Å². The van der Waals surface area contributed by atoms with Crippen LogP contribution in [0.1, 0.15) is 37.8 Å². The van der Waals surface area contributed by atoms with Gasteiger partial charge < -0.3 is 25.0 Å². The normalized spacial score (nSPS) is 18.1. The van der Waals surface area contributed by atoms with Crippen LogP contribution in [0.5, 0.6) is 5.75 Å². The molecule has 1 aliphatic rings. The third-order valence-electron chi connectivity index (χ3n) is 5.19. The predicted octanol–water partition coefficient (Wildman–Crippen LogP) is 2.81. The molecule has 0 saturated carbocycles.